The lowest BCUT2D eigenvalue weighted by Gasteiger charge is -2.38. The molecule has 1 atom stereocenters. The molecule has 0 aromatic heterocycles. The lowest BCUT2D eigenvalue weighted by molar-refractivity contribution is 0.660. The number of rotatable bonds is 6. The van der Waals surface area contributed by atoms with Crippen LogP contribution in [-0.2, 0) is 10.8 Å². The Balaban J connectivity index is 1.18. The van der Waals surface area contributed by atoms with E-state index >= 15 is 0 Å². The molecule has 0 saturated heterocycles. The van der Waals surface area contributed by atoms with Crippen LogP contribution < -0.4 is 9.80 Å². The van der Waals surface area contributed by atoms with E-state index in [1.165, 1.54) is 88.9 Å². The zero-order valence-electron chi connectivity index (χ0n) is 35.8. The Kier molecular flexibility index (Phi) is 7.90. The summed E-state index contributed by atoms with van der Waals surface area (Å²) in [6, 6.07) is 85.9. The van der Waals surface area contributed by atoms with Gasteiger partial charge in [0.1, 0.15) is 0 Å². The molecule has 302 valence electrons. The van der Waals surface area contributed by atoms with Crippen molar-refractivity contribution in [2.45, 2.75) is 24.7 Å². The van der Waals surface area contributed by atoms with Crippen molar-refractivity contribution in [3.63, 3.8) is 0 Å². The van der Waals surface area contributed by atoms with E-state index in [-0.39, 0.29) is 5.41 Å². The quantitative estimate of drug-likeness (QED) is 0.165. The molecule has 0 heterocycles. The van der Waals surface area contributed by atoms with Crippen LogP contribution in [0.4, 0.5) is 34.1 Å². The van der Waals surface area contributed by atoms with E-state index in [2.05, 4.69) is 254 Å². The molecule has 13 rings (SSSR count). The van der Waals surface area contributed by atoms with Crippen molar-refractivity contribution in [1.29, 1.82) is 0 Å². The largest absolute Gasteiger partial charge is 0.310 e. The fourth-order valence-electron chi connectivity index (χ4n) is 11.9. The highest BCUT2D eigenvalue weighted by molar-refractivity contribution is 6.11. The second kappa shape index (κ2) is 13.8. The van der Waals surface area contributed by atoms with Crippen LogP contribution in [0, 0.1) is 0 Å². The Hall–Kier alpha value is -7.94. The molecule has 10 aromatic carbocycles. The van der Waals surface area contributed by atoms with Crippen molar-refractivity contribution in [2.24, 2.45) is 0 Å². The van der Waals surface area contributed by atoms with Gasteiger partial charge < -0.3 is 9.80 Å². The van der Waals surface area contributed by atoms with Gasteiger partial charge in [-0.3, -0.25) is 0 Å². The first-order valence-corrected chi connectivity index (χ1v) is 22.4. The SMILES string of the molecule is CC1(C)c2ccccc2-c2cccc(N(c3ccccc3)c3c4c(cc5ccccc35)-c3ccccc3C43c4ccccc4-c4ccc(N(c5ccccc5)c5ccccc5)cc43)c21. The molecule has 0 N–H and O–H groups in total. The molecular formula is C62H44N2. The molecule has 3 aliphatic carbocycles. The topological polar surface area (TPSA) is 6.48 Å². The summed E-state index contributed by atoms with van der Waals surface area (Å²) in [4.78, 5) is 5.04. The van der Waals surface area contributed by atoms with Crippen LogP contribution in [0.5, 0.6) is 0 Å². The van der Waals surface area contributed by atoms with Crippen LogP contribution in [-0.4, -0.2) is 0 Å². The lowest BCUT2D eigenvalue weighted by atomic mass is 9.69. The summed E-state index contributed by atoms with van der Waals surface area (Å²) in [5.41, 5.74) is 21.7. The molecule has 0 saturated carbocycles. The zero-order chi connectivity index (χ0) is 42.6. The van der Waals surface area contributed by atoms with Crippen LogP contribution in [0.1, 0.15) is 47.2 Å². The maximum atomic E-state index is 2.63. The molecule has 1 unspecified atom stereocenters. The van der Waals surface area contributed by atoms with Gasteiger partial charge in [-0.25, -0.2) is 0 Å². The predicted octanol–water partition coefficient (Wildman–Crippen LogP) is 16.4. The van der Waals surface area contributed by atoms with Gasteiger partial charge in [-0.1, -0.05) is 184 Å². The van der Waals surface area contributed by atoms with E-state index in [1.807, 2.05) is 0 Å². The van der Waals surface area contributed by atoms with Crippen LogP contribution in [0.15, 0.2) is 231 Å². The standard InChI is InChI=1S/C62H44N2/c1-61(2)53-33-17-14-30-48(53)51-32-20-36-57(58(51)61)64(44-26-10-5-11-27-44)60-46-28-13-12-21-41(46)39-52-49-31-16-19-35-55(49)62(59(52)60)54-34-18-15-29-47(54)50-38-37-45(40-56(50)62)63(42-22-6-3-7-23-42)43-24-8-4-9-25-43/h3-40H,1-2H3. The number of nitrogens with zero attached hydrogens (tertiary/aromatic N) is 2. The van der Waals surface area contributed by atoms with Gasteiger partial charge in [0, 0.05) is 39.1 Å². The molecule has 1 spiro atoms. The van der Waals surface area contributed by atoms with Gasteiger partial charge in [-0.2, -0.15) is 0 Å². The highest BCUT2D eigenvalue weighted by atomic mass is 15.2. The first kappa shape index (κ1) is 36.7. The van der Waals surface area contributed by atoms with Crippen LogP contribution in [0.2, 0.25) is 0 Å². The fourth-order valence-corrected chi connectivity index (χ4v) is 11.9. The molecule has 0 aliphatic heterocycles. The van der Waals surface area contributed by atoms with Crippen molar-refractivity contribution in [3.05, 3.63) is 264 Å². The number of benzene rings is 10. The van der Waals surface area contributed by atoms with E-state index in [1.54, 1.807) is 0 Å². The Morgan fingerprint density at radius 2 is 0.797 bits per heavy atom. The maximum Gasteiger partial charge on any atom is 0.0747 e. The summed E-state index contributed by atoms with van der Waals surface area (Å²) in [6.45, 7) is 4.82. The third-order valence-electron chi connectivity index (χ3n) is 14.4. The van der Waals surface area contributed by atoms with Crippen LogP contribution >= 0.6 is 0 Å². The van der Waals surface area contributed by atoms with E-state index in [0.29, 0.717) is 0 Å². The molecule has 0 radical (unpaired) electrons. The first-order chi connectivity index (χ1) is 31.5. The normalized spacial score (nSPS) is 15.5. The third-order valence-corrected chi connectivity index (χ3v) is 14.4. The Labute approximate surface area is 375 Å². The van der Waals surface area contributed by atoms with E-state index in [9.17, 15) is 0 Å². The molecular weight excluding hydrogens is 773 g/mol. The summed E-state index contributed by atoms with van der Waals surface area (Å²) in [5.74, 6) is 0. The van der Waals surface area contributed by atoms with E-state index in [4.69, 9.17) is 0 Å². The molecule has 2 nitrogen and oxygen atoms in total. The van der Waals surface area contributed by atoms with Crippen molar-refractivity contribution in [3.8, 4) is 33.4 Å². The van der Waals surface area contributed by atoms with Gasteiger partial charge in [-0.15, -0.1) is 0 Å². The molecule has 0 bridgehead atoms. The first-order valence-electron chi connectivity index (χ1n) is 22.4. The zero-order valence-corrected chi connectivity index (χ0v) is 35.8. The van der Waals surface area contributed by atoms with Crippen molar-refractivity contribution < 1.29 is 0 Å². The predicted molar refractivity (Wildman–Crippen MR) is 267 cm³/mol. The van der Waals surface area contributed by atoms with E-state index < -0.39 is 5.41 Å². The van der Waals surface area contributed by atoms with Crippen molar-refractivity contribution in [1.82, 2.24) is 0 Å². The summed E-state index contributed by atoms with van der Waals surface area (Å²) < 4.78 is 0. The summed E-state index contributed by atoms with van der Waals surface area (Å²) in [6.07, 6.45) is 0. The summed E-state index contributed by atoms with van der Waals surface area (Å²) in [7, 11) is 0. The Morgan fingerprint density at radius 3 is 1.44 bits per heavy atom. The van der Waals surface area contributed by atoms with E-state index in [0.717, 1.165) is 22.7 Å². The molecule has 3 aliphatic rings. The second-order valence-electron chi connectivity index (χ2n) is 18.0. The number of hydrogen-bond acceptors (Lipinski definition) is 2. The van der Waals surface area contributed by atoms with Gasteiger partial charge in [0.05, 0.1) is 16.8 Å². The minimum Gasteiger partial charge on any atom is -0.310 e. The fraction of sp³-hybridized carbons (Fsp3) is 0.0645. The molecule has 0 amide bonds. The second-order valence-corrected chi connectivity index (χ2v) is 18.0. The lowest BCUT2D eigenvalue weighted by Crippen LogP contribution is -2.29. The molecule has 10 aromatic rings. The number of para-hydroxylation sites is 3. The van der Waals surface area contributed by atoms with Gasteiger partial charge in [0.25, 0.3) is 0 Å². The van der Waals surface area contributed by atoms with Crippen LogP contribution in [0.25, 0.3) is 44.2 Å². The highest BCUT2D eigenvalue weighted by Gasteiger charge is 2.54. The van der Waals surface area contributed by atoms with Gasteiger partial charge in [0.2, 0.25) is 0 Å². The summed E-state index contributed by atoms with van der Waals surface area (Å²) >= 11 is 0. The molecule has 0 fully saturated rings. The molecule has 2 heteroatoms. The monoisotopic (exact) mass is 816 g/mol. The summed E-state index contributed by atoms with van der Waals surface area (Å²) in [5, 5.41) is 2.44. The number of hydrogen-bond donors (Lipinski definition) is 0. The number of fused-ring (bicyclic) bond motifs is 14. The average molecular weight is 817 g/mol. The third kappa shape index (κ3) is 4.97. The smallest absolute Gasteiger partial charge is 0.0747 e. The maximum absolute atomic E-state index is 2.63. The van der Waals surface area contributed by atoms with Gasteiger partial charge in [0.15, 0.2) is 0 Å². The minimum atomic E-state index is -0.657. The van der Waals surface area contributed by atoms with Crippen molar-refractivity contribution >= 4 is 44.9 Å². The Morgan fingerprint density at radius 1 is 0.312 bits per heavy atom. The number of anilines is 6. The molecule has 64 heavy (non-hydrogen) atoms. The minimum absolute atomic E-state index is 0.246. The van der Waals surface area contributed by atoms with Gasteiger partial charge >= 0.3 is 0 Å². The Bertz CT molecular complexity index is 3440. The van der Waals surface area contributed by atoms with Crippen LogP contribution in [0.3, 0.4) is 0 Å². The average Bonchev–Trinajstić information content (AvgIpc) is 3.91. The highest BCUT2D eigenvalue weighted by Crippen LogP contribution is 2.67. The van der Waals surface area contributed by atoms with Crippen molar-refractivity contribution in [2.75, 3.05) is 9.80 Å². The van der Waals surface area contributed by atoms with Gasteiger partial charge in [-0.05, 0) is 127 Å².